The lowest BCUT2D eigenvalue weighted by atomic mass is 9.90. The van der Waals surface area contributed by atoms with Gasteiger partial charge in [-0.2, -0.15) is 0 Å². The van der Waals surface area contributed by atoms with Crippen molar-refractivity contribution in [3.8, 4) is 22.6 Å². The molecular formula is C19H12O5. The van der Waals surface area contributed by atoms with Gasteiger partial charge in [0.2, 0.25) is 0 Å². The quantitative estimate of drug-likeness (QED) is 0.577. The lowest BCUT2D eigenvalue weighted by Crippen LogP contribution is -2.20. The molecule has 4 rings (SSSR count). The van der Waals surface area contributed by atoms with E-state index < -0.39 is 11.9 Å². The van der Waals surface area contributed by atoms with Crippen molar-refractivity contribution in [3.05, 3.63) is 59.7 Å². The molecule has 24 heavy (non-hydrogen) atoms. The summed E-state index contributed by atoms with van der Waals surface area (Å²) in [6, 6.07) is 14.1. The van der Waals surface area contributed by atoms with Crippen LogP contribution in [-0.4, -0.2) is 24.2 Å². The highest BCUT2D eigenvalue weighted by Crippen LogP contribution is 2.45. The van der Waals surface area contributed by atoms with Gasteiger partial charge in [0, 0.05) is 10.8 Å². The number of ether oxygens (including phenoxy) is 2. The zero-order chi connectivity index (χ0) is 16.8. The van der Waals surface area contributed by atoms with Gasteiger partial charge in [0.05, 0.1) is 18.2 Å². The maximum absolute atomic E-state index is 12.1. The van der Waals surface area contributed by atoms with Gasteiger partial charge in [-0.15, -0.1) is 0 Å². The van der Waals surface area contributed by atoms with Gasteiger partial charge in [-0.3, -0.25) is 0 Å². The summed E-state index contributed by atoms with van der Waals surface area (Å²) in [5.41, 5.74) is 2.06. The third-order valence-corrected chi connectivity index (χ3v) is 4.13. The highest BCUT2D eigenvalue weighted by molar-refractivity contribution is 6.24. The molecule has 0 atom stereocenters. The number of hydrogen-bond donors (Lipinski definition) is 1. The number of benzene rings is 3. The van der Waals surface area contributed by atoms with Crippen LogP contribution < -0.4 is 4.74 Å². The minimum absolute atomic E-state index is 0.149. The van der Waals surface area contributed by atoms with Gasteiger partial charge in [-0.25, -0.2) is 9.59 Å². The summed E-state index contributed by atoms with van der Waals surface area (Å²) in [5.74, 6) is -1.44. The van der Waals surface area contributed by atoms with Crippen LogP contribution in [0, 0.1) is 0 Å². The molecule has 0 radical (unpaired) electrons. The Balaban J connectivity index is 2.22. The molecule has 118 valence electrons. The zero-order valence-electron chi connectivity index (χ0n) is 12.7. The molecule has 3 aromatic carbocycles. The minimum atomic E-state index is -0.777. The molecule has 1 heterocycles. The Morgan fingerprint density at radius 3 is 2.25 bits per heavy atom. The van der Waals surface area contributed by atoms with Gasteiger partial charge in [-0.05, 0) is 23.3 Å². The van der Waals surface area contributed by atoms with Crippen LogP contribution in [0.1, 0.15) is 20.7 Å². The first kappa shape index (κ1) is 14.3. The molecule has 1 N–H and O–H groups in total. The fraction of sp³-hybridized carbons (Fsp3) is 0.0526. The van der Waals surface area contributed by atoms with E-state index in [9.17, 15) is 14.7 Å². The van der Waals surface area contributed by atoms with Gasteiger partial charge in [0.1, 0.15) is 0 Å². The number of carbonyl (C=O) groups is 2. The lowest BCUT2D eigenvalue weighted by molar-refractivity contribution is 0.0391. The van der Waals surface area contributed by atoms with Gasteiger partial charge >= 0.3 is 11.9 Å². The first-order valence-corrected chi connectivity index (χ1v) is 7.30. The molecule has 0 saturated carbocycles. The molecule has 0 aromatic heterocycles. The van der Waals surface area contributed by atoms with E-state index in [1.54, 1.807) is 12.1 Å². The van der Waals surface area contributed by atoms with E-state index in [0.29, 0.717) is 10.8 Å². The summed E-state index contributed by atoms with van der Waals surface area (Å²) in [4.78, 5) is 24.2. The summed E-state index contributed by atoms with van der Waals surface area (Å²) >= 11 is 0. The van der Waals surface area contributed by atoms with Crippen molar-refractivity contribution in [2.75, 3.05) is 7.11 Å². The fourth-order valence-electron chi connectivity index (χ4n) is 3.11. The van der Waals surface area contributed by atoms with Crippen LogP contribution in [0.5, 0.6) is 11.5 Å². The van der Waals surface area contributed by atoms with E-state index in [1.165, 1.54) is 13.2 Å². The molecule has 3 aromatic rings. The maximum atomic E-state index is 12.1. The Kier molecular flexibility index (Phi) is 3.03. The first-order chi connectivity index (χ1) is 11.6. The van der Waals surface area contributed by atoms with E-state index in [1.807, 2.05) is 30.3 Å². The average molecular weight is 320 g/mol. The van der Waals surface area contributed by atoms with E-state index in [-0.39, 0.29) is 22.6 Å². The molecule has 0 unspecified atom stereocenters. The van der Waals surface area contributed by atoms with Gasteiger partial charge in [0.25, 0.3) is 0 Å². The van der Waals surface area contributed by atoms with Crippen molar-refractivity contribution in [1.82, 2.24) is 0 Å². The van der Waals surface area contributed by atoms with Crippen molar-refractivity contribution in [2.45, 2.75) is 0 Å². The monoisotopic (exact) mass is 320 g/mol. The highest BCUT2D eigenvalue weighted by atomic mass is 16.6. The number of rotatable bonds is 2. The third kappa shape index (κ3) is 1.88. The summed E-state index contributed by atoms with van der Waals surface area (Å²) in [6.45, 7) is 0. The molecule has 0 aliphatic carbocycles. The minimum Gasteiger partial charge on any atom is -0.504 e. The summed E-state index contributed by atoms with van der Waals surface area (Å²) in [6.07, 6.45) is 0. The largest absolute Gasteiger partial charge is 0.504 e. The number of carbonyl (C=O) groups excluding carboxylic acids is 2. The molecule has 1 aliphatic rings. The highest BCUT2D eigenvalue weighted by Gasteiger charge is 2.31. The first-order valence-electron chi connectivity index (χ1n) is 7.30. The van der Waals surface area contributed by atoms with Crippen molar-refractivity contribution >= 4 is 22.7 Å². The smallest absolute Gasteiger partial charge is 0.346 e. The number of methoxy groups -OCH3 is 1. The molecule has 5 nitrogen and oxygen atoms in total. The molecule has 0 bridgehead atoms. The second kappa shape index (κ2) is 5.09. The van der Waals surface area contributed by atoms with Crippen molar-refractivity contribution in [2.24, 2.45) is 0 Å². The number of phenolic OH excluding ortho intramolecular Hbond substituents is 1. The number of esters is 2. The van der Waals surface area contributed by atoms with Crippen LogP contribution in [0.25, 0.3) is 21.9 Å². The lowest BCUT2D eigenvalue weighted by Gasteiger charge is -2.20. The van der Waals surface area contributed by atoms with Crippen molar-refractivity contribution in [3.63, 3.8) is 0 Å². The van der Waals surface area contributed by atoms with Crippen LogP contribution in [0.3, 0.4) is 0 Å². The SMILES string of the molecule is COc1c(O)cc2c3c(ccc(-c4ccccc4)c13)C(=O)OC2=O. The Morgan fingerprint density at radius 1 is 0.875 bits per heavy atom. The number of hydrogen-bond acceptors (Lipinski definition) is 5. The van der Waals surface area contributed by atoms with Crippen LogP contribution in [0.2, 0.25) is 0 Å². The Morgan fingerprint density at radius 2 is 1.54 bits per heavy atom. The van der Waals surface area contributed by atoms with Crippen molar-refractivity contribution < 1.29 is 24.2 Å². The van der Waals surface area contributed by atoms with E-state index >= 15 is 0 Å². The molecule has 1 aliphatic heterocycles. The van der Waals surface area contributed by atoms with Crippen LogP contribution >= 0.6 is 0 Å². The third-order valence-electron chi connectivity index (χ3n) is 4.13. The second-order valence-electron chi connectivity index (χ2n) is 5.43. The van der Waals surface area contributed by atoms with Gasteiger partial charge < -0.3 is 14.6 Å². The zero-order valence-corrected chi connectivity index (χ0v) is 12.7. The predicted octanol–water partition coefficient (Wildman–Crippen LogP) is 3.53. The van der Waals surface area contributed by atoms with Gasteiger partial charge in [-0.1, -0.05) is 36.4 Å². The molecule has 5 heteroatoms. The van der Waals surface area contributed by atoms with Gasteiger partial charge in [0.15, 0.2) is 11.5 Å². The summed E-state index contributed by atoms with van der Waals surface area (Å²) < 4.78 is 10.1. The molecular weight excluding hydrogens is 308 g/mol. The molecule has 0 fully saturated rings. The maximum Gasteiger partial charge on any atom is 0.346 e. The molecule has 0 saturated heterocycles. The van der Waals surface area contributed by atoms with Crippen molar-refractivity contribution in [1.29, 1.82) is 0 Å². The Hall–Kier alpha value is -3.34. The second-order valence-corrected chi connectivity index (χ2v) is 5.43. The van der Waals surface area contributed by atoms with Crippen LogP contribution in [0.4, 0.5) is 0 Å². The summed E-state index contributed by atoms with van der Waals surface area (Å²) in [7, 11) is 1.43. The Labute approximate surface area is 137 Å². The van der Waals surface area contributed by atoms with E-state index in [4.69, 9.17) is 9.47 Å². The number of cyclic esters (lactones) is 2. The number of phenols is 1. The van der Waals surface area contributed by atoms with Crippen LogP contribution in [0.15, 0.2) is 48.5 Å². The molecule has 0 amide bonds. The Bertz CT molecular complexity index is 1010. The standard InChI is InChI=1S/C19H12O5/c1-23-17-14(20)9-13-15-12(18(21)24-19(13)22)8-7-11(16(15)17)10-5-3-2-4-6-10/h2-9,20H,1H3. The van der Waals surface area contributed by atoms with E-state index in [0.717, 1.165) is 11.1 Å². The normalized spacial score (nSPS) is 13.0. The predicted molar refractivity (Wildman–Crippen MR) is 87.3 cm³/mol. The topological polar surface area (TPSA) is 72.8 Å². The van der Waals surface area contributed by atoms with Crippen LogP contribution in [-0.2, 0) is 4.74 Å². The summed E-state index contributed by atoms with van der Waals surface area (Å²) in [5, 5.41) is 11.2. The average Bonchev–Trinajstić information content (AvgIpc) is 2.59. The van der Waals surface area contributed by atoms with E-state index in [2.05, 4.69) is 0 Å². The number of aromatic hydroxyl groups is 1. The molecule has 0 spiro atoms. The fourth-order valence-corrected chi connectivity index (χ4v) is 3.11.